The number of para-hydroxylation sites is 2. The number of hydrogen-bond donors (Lipinski definition) is 6. The summed E-state index contributed by atoms with van der Waals surface area (Å²) >= 11 is 0. The van der Waals surface area contributed by atoms with E-state index in [4.69, 9.17) is 0 Å². The Labute approximate surface area is 295 Å². The van der Waals surface area contributed by atoms with Gasteiger partial charge in [0.15, 0.2) is 23.3 Å². The number of hydrogen-bond acceptors (Lipinski definition) is 10. The first-order valence-electron chi connectivity index (χ1n) is 16.2. The summed E-state index contributed by atoms with van der Waals surface area (Å²) in [6.07, 6.45) is -2.14. The lowest BCUT2D eigenvalue weighted by atomic mass is 10.1. The molecule has 0 amide bonds. The third-order valence-corrected chi connectivity index (χ3v) is 8.01. The van der Waals surface area contributed by atoms with E-state index in [0.29, 0.717) is 45.4 Å². The number of fused-ring (bicyclic) bond motifs is 2. The zero-order valence-corrected chi connectivity index (χ0v) is 27.9. The van der Waals surface area contributed by atoms with E-state index in [-0.39, 0.29) is 23.3 Å². The van der Waals surface area contributed by atoms with E-state index in [0.717, 1.165) is 22.2 Å². The van der Waals surface area contributed by atoms with Crippen LogP contribution >= 0.6 is 0 Å². The summed E-state index contributed by atoms with van der Waals surface area (Å²) in [6.45, 7) is 3.81. The molecule has 4 aromatic heterocycles. The Hall–Kier alpha value is -6.64. The molecule has 4 heterocycles. The highest BCUT2D eigenvalue weighted by Gasteiger charge is 2.19. The molecule has 8 aromatic rings. The van der Waals surface area contributed by atoms with Crippen LogP contribution in [0.1, 0.15) is 46.4 Å². The van der Waals surface area contributed by atoms with Crippen LogP contribution in [0.2, 0.25) is 0 Å². The van der Waals surface area contributed by atoms with Crippen LogP contribution in [0.3, 0.4) is 0 Å². The zero-order valence-electron chi connectivity index (χ0n) is 27.9. The minimum atomic E-state index is -1.07. The summed E-state index contributed by atoms with van der Waals surface area (Å²) in [7, 11) is 0. The second-order valence-electron chi connectivity index (χ2n) is 11.9. The van der Waals surface area contributed by atoms with Crippen LogP contribution in [0.25, 0.3) is 21.8 Å². The second-order valence-corrected chi connectivity index (χ2v) is 11.9. The van der Waals surface area contributed by atoms with Gasteiger partial charge in [0.2, 0.25) is 0 Å². The average molecular weight is 699 g/mol. The zero-order chi connectivity index (χ0) is 36.2. The van der Waals surface area contributed by atoms with Crippen molar-refractivity contribution in [2.24, 2.45) is 0 Å². The fourth-order valence-electron chi connectivity index (χ4n) is 5.42. The summed E-state index contributed by atoms with van der Waals surface area (Å²) in [5.41, 5.74) is 4.24. The molecule has 14 heteroatoms. The van der Waals surface area contributed by atoms with Gasteiger partial charge in [0.05, 0.1) is 11.0 Å². The molecule has 0 saturated heterocycles. The molecule has 52 heavy (non-hydrogen) atoms. The van der Waals surface area contributed by atoms with E-state index < -0.39 is 12.2 Å². The number of aromatic amines is 2. The highest BCUT2D eigenvalue weighted by atomic mass is 19.1. The van der Waals surface area contributed by atoms with Crippen molar-refractivity contribution in [3.8, 4) is 0 Å². The van der Waals surface area contributed by atoms with Crippen molar-refractivity contribution in [3.63, 3.8) is 0 Å². The summed E-state index contributed by atoms with van der Waals surface area (Å²) in [6, 6.07) is 30.0. The van der Waals surface area contributed by atoms with E-state index in [2.05, 4.69) is 51.0 Å². The van der Waals surface area contributed by atoms with Crippen molar-refractivity contribution in [3.05, 3.63) is 155 Å². The molecule has 4 aromatic carbocycles. The van der Waals surface area contributed by atoms with Crippen molar-refractivity contribution in [2.45, 2.75) is 26.1 Å². The smallest absolute Gasteiger partial charge is 0.164 e. The number of nitrogens with zero attached hydrogens (tertiary/aromatic N) is 6. The number of nitrogens with one attached hydrogen (secondary N) is 4. The first-order valence-corrected chi connectivity index (χ1v) is 16.2. The fraction of sp³-hybridized carbons (Fsp3) is 0.105. The maximum atomic E-state index is 13.1. The highest BCUT2D eigenvalue weighted by Crippen LogP contribution is 2.29. The Kier molecular flexibility index (Phi) is 9.56. The van der Waals surface area contributed by atoms with Gasteiger partial charge < -0.3 is 20.8 Å². The largest absolute Gasteiger partial charge is 0.380 e. The Morgan fingerprint density at radius 3 is 1.29 bits per heavy atom. The third-order valence-electron chi connectivity index (χ3n) is 8.01. The van der Waals surface area contributed by atoms with E-state index >= 15 is 0 Å². The minimum absolute atomic E-state index is 0.227. The van der Waals surface area contributed by atoms with Crippen molar-refractivity contribution in [1.29, 1.82) is 0 Å². The van der Waals surface area contributed by atoms with Crippen LogP contribution in [0, 0.1) is 25.5 Å². The maximum Gasteiger partial charge on any atom is 0.164 e. The SMILES string of the molecule is Cc1cc(Nc2nc([C@@H](O)c3ccc(F)cc3)nc3ccccc23)n[nH]1.Cc1cc(Nc2nc([C@H](O)c3ccc(F)cc3)nc3ccccc23)n[nH]1. The molecule has 0 fully saturated rings. The van der Waals surface area contributed by atoms with Gasteiger partial charge in [-0.25, -0.2) is 28.7 Å². The number of aliphatic hydroxyl groups excluding tert-OH is 2. The molecule has 0 aliphatic carbocycles. The minimum Gasteiger partial charge on any atom is -0.380 e. The van der Waals surface area contributed by atoms with Crippen LogP contribution in [0.5, 0.6) is 0 Å². The van der Waals surface area contributed by atoms with Gasteiger partial charge in [0.1, 0.15) is 35.5 Å². The molecular formula is C38H32F2N10O2. The van der Waals surface area contributed by atoms with Crippen molar-refractivity contribution in [2.75, 3.05) is 10.6 Å². The number of benzene rings is 4. The predicted octanol–water partition coefficient (Wildman–Crippen LogP) is 7.25. The Morgan fingerprint density at radius 2 is 0.923 bits per heavy atom. The van der Waals surface area contributed by atoms with Crippen molar-refractivity contribution >= 4 is 45.1 Å². The van der Waals surface area contributed by atoms with Crippen LogP contribution < -0.4 is 10.6 Å². The number of anilines is 4. The Bertz CT molecular complexity index is 2300. The molecule has 6 N–H and O–H groups in total. The van der Waals surface area contributed by atoms with Gasteiger partial charge in [0, 0.05) is 34.3 Å². The van der Waals surface area contributed by atoms with Crippen molar-refractivity contribution in [1.82, 2.24) is 40.3 Å². The summed E-state index contributed by atoms with van der Waals surface area (Å²) in [4.78, 5) is 17.9. The summed E-state index contributed by atoms with van der Waals surface area (Å²) in [5, 5.41) is 43.3. The first kappa shape index (κ1) is 33.8. The predicted molar refractivity (Wildman–Crippen MR) is 193 cm³/mol. The van der Waals surface area contributed by atoms with Gasteiger partial charge in [-0.2, -0.15) is 10.2 Å². The molecule has 8 rings (SSSR count). The van der Waals surface area contributed by atoms with Gasteiger partial charge in [-0.3, -0.25) is 10.2 Å². The van der Waals surface area contributed by atoms with Crippen LogP contribution in [-0.4, -0.2) is 50.5 Å². The third kappa shape index (κ3) is 7.57. The molecule has 0 saturated carbocycles. The maximum absolute atomic E-state index is 13.1. The van der Waals surface area contributed by atoms with Gasteiger partial charge in [-0.15, -0.1) is 0 Å². The first-order chi connectivity index (χ1) is 25.2. The molecule has 0 radical (unpaired) electrons. The number of H-pyrrole nitrogens is 2. The lowest BCUT2D eigenvalue weighted by Gasteiger charge is -2.13. The van der Waals surface area contributed by atoms with Crippen LogP contribution in [-0.2, 0) is 0 Å². The number of aryl methyl sites for hydroxylation is 2. The summed E-state index contributed by atoms with van der Waals surface area (Å²) in [5.74, 6) is 2.04. The standard InChI is InChI=1S/2C19H16FN5O/c2*1-11-10-16(25-24-11)22-18-14-4-2-3-5-15(14)21-19(23-18)17(26)12-6-8-13(20)9-7-12/h2*2-10,17,26H,1H3,(H2,21,22,23,24,25)/t2*17-/m10/s1. The normalized spacial score (nSPS) is 12.3. The van der Waals surface area contributed by atoms with E-state index in [1.165, 1.54) is 48.5 Å². The van der Waals surface area contributed by atoms with Crippen LogP contribution in [0.15, 0.2) is 109 Å². The molecule has 0 unspecified atom stereocenters. The van der Waals surface area contributed by atoms with E-state index in [1.807, 2.05) is 74.5 Å². The van der Waals surface area contributed by atoms with Crippen LogP contribution in [0.4, 0.5) is 32.1 Å². The second kappa shape index (κ2) is 14.7. The number of aromatic nitrogens is 8. The molecule has 0 aliphatic heterocycles. The molecule has 2 atom stereocenters. The lowest BCUT2D eigenvalue weighted by Crippen LogP contribution is -2.08. The van der Waals surface area contributed by atoms with Gasteiger partial charge in [-0.1, -0.05) is 48.5 Å². The average Bonchev–Trinajstić information content (AvgIpc) is 3.77. The monoisotopic (exact) mass is 698 g/mol. The summed E-state index contributed by atoms with van der Waals surface area (Å²) < 4.78 is 26.3. The molecule has 0 bridgehead atoms. The number of halogens is 2. The molecule has 12 nitrogen and oxygen atoms in total. The lowest BCUT2D eigenvalue weighted by molar-refractivity contribution is 0.210. The van der Waals surface area contributed by atoms with Gasteiger partial charge in [-0.05, 0) is 73.5 Å². The Morgan fingerprint density at radius 1 is 0.538 bits per heavy atom. The number of aliphatic hydroxyl groups is 2. The van der Waals surface area contributed by atoms with Crippen molar-refractivity contribution < 1.29 is 19.0 Å². The van der Waals surface area contributed by atoms with Gasteiger partial charge in [0.25, 0.3) is 0 Å². The number of rotatable bonds is 8. The molecule has 0 spiro atoms. The molecular weight excluding hydrogens is 666 g/mol. The van der Waals surface area contributed by atoms with Gasteiger partial charge >= 0.3 is 0 Å². The quantitative estimate of drug-likeness (QED) is 0.0949. The molecule has 260 valence electrons. The highest BCUT2D eigenvalue weighted by molar-refractivity contribution is 5.91. The topological polar surface area (TPSA) is 173 Å². The van der Waals surface area contributed by atoms with E-state index in [1.54, 1.807) is 0 Å². The Balaban J connectivity index is 0.000000162. The fourth-order valence-corrected chi connectivity index (χ4v) is 5.42. The van der Waals surface area contributed by atoms with E-state index in [9.17, 15) is 19.0 Å². The molecule has 0 aliphatic rings.